The van der Waals surface area contributed by atoms with E-state index in [1.807, 2.05) is 0 Å². The molecule has 2 aromatic rings. The third kappa shape index (κ3) is 3.87. The number of carbonyl (C=O) groups excluding carboxylic acids is 3. The quantitative estimate of drug-likeness (QED) is 0.564. The first-order chi connectivity index (χ1) is 14.3. The van der Waals surface area contributed by atoms with E-state index in [9.17, 15) is 19.2 Å². The van der Waals surface area contributed by atoms with Crippen LogP contribution < -0.4 is 5.56 Å². The molecule has 30 heavy (non-hydrogen) atoms. The maximum absolute atomic E-state index is 13.4. The lowest BCUT2D eigenvalue weighted by Crippen LogP contribution is -2.48. The first-order valence-corrected chi connectivity index (χ1v) is 10.1. The fourth-order valence-corrected chi connectivity index (χ4v) is 3.82. The molecule has 1 N–H and O–H groups in total. The average Bonchev–Trinajstić information content (AvgIpc) is 3.17. The summed E-state index contributed by atoms with van der Waals surface area (Å²) in [6, 6.07) is 2.74. The number of likely N-dealkylation sites (tertiary alicyclic amines) is 1. The number of esters is 2. The second kappa shape index (κ2) is 8.78. The Balaban J connectivity index is 2.04. The summed E-state index contributed by atoms with van der Waals surface area (Å²) in [7, 11) is 1.55. The Morgan fingerprint density at radius 2 is 1.67 bits per heavy atom. The molecular formula is C20H23N3O6S. The number of nitrogens with zero attached hydrogens (tertiary/aromatic N) is 2. The molecule has 0 unspecified atom stereocenters. The van der Waals surface area contributed by atoms with E-state index >= 15 is 0 Å². The van der Waals surface area contributed by atoms with Crippen molar-refractivity contribution in [3.63, 3.8) is 0 Å². The minimum atomic E-state index is -0.885. The molecule has 1 aliphatic rings. The number of rotatable bonds is 5. The van der Waals surface area contributed by atoms with E-state index in [0.717, 1.165) is 0 Å². The summed E-state index contributed by atoms with van der Waals surface area (Å²) >= 11 is 5.14. The summed E-state index contributed by atoms with van der Waals surface area (Å²) in [5.41, 5.74) is 0.322. The van der Waals surface area contributed by atoms with E-state index in [2.05, 4.69) is 4.98 Å². The Kier molecular flexibility index (Phi) is 6.35. The minimum Gasteiger partial charge on any atom is -0.464 e. The van der Waals surface area contributed by atoms with Gasteiger partial charge in [0.25, 0.3) is 11.5 Å². The molecule has 10 heteroatoms. The Morgan fingerprint density at radius 1 is 1.10 bits per heavy atom. The van der Waals surface area contributed by atoms with Crippen molar-refractivity contribution in [1.82, 2.24) is 14.5 Å². The van der Waals surface area contributed by atoms with Gasteiger partial charge in [-0.25, -0.2) is 9.59 Å². The second-order valence-corrected chi connectivity index (χ2v) is 7.27. The van der Waals surface area contributed by atoms with Gasteiger partial charge in [0, 0.05) is 12.6 Å². The maximum atomic E-state index is 13.4. The van der Waals surface area contributed by atoms with Crippen LogP contribution in [-0.4, -0.2) is 57.6 Å². The van der Waals surface area contributed by atoms with E-state index in [1.165, 1.54) is 27.7 Å². The second-order valence-electron chi connectivity index (χ2n) is 6.88. The number of hydrogen-bond acceptors (Lipinski definition) is 7. The smallest absolute Gasteiger partial charge is 0.328 e. The number of benzene rings is 1. The highest BCUT2D eigenvalue weighted by Gasteiger charge is 2.46. The van der Waals surface area contributed by atoms with Crippen molar-refractivity contribution in [1.29, 1.82) is 0 Å². The van der Waals surface area contributed by atoms with Gasteiger partial charge < -0.3 is 19.4 Å². The van der Waals surface area contributed by atoms with Gasteiger partial charge in [0.05, 0.1) is 24.1 Å². The van der Waals surface area contributed by atoms with Crippen LogP contribution in [0.3, 0.4) is 0 Å². The first kappa shape index (κ1) is 21.7. The molecule has 3 rings (SSSR count). The molecule has 2 heterocycles. The molecule has 1 fully saturated rings. The molecule has 0 spiro atoms. The number of ether oxygens (including phenoxy) is 2. The van der Waals surface area contributed by atoms with Gasteiger partial charge in [-0.2, -0.15) is 0 Å². The summed E-state index contributed by atoms with van der Waals surface area (Å²) in [6.45, 7) is 3.68. The Labute approximate surface area is 177 Å². The number of H-pyrrole nitrogens is 1. The van der Waals surface area contributed by atoms with Gasteiger partial charge in [-0.3, -0.25) is 14.2 Å². The van der Waals surface area contributed by atoms with Crippen LogP contribution in [0.4, 0.5) is 0 Å². The van der Waals surface area contributed by atoms with E-state index in [-0.39, 0.29) is 29.1 Å². The fourth-order valence-electron chi connectivity index (χ4n) is 3.62. The zero-order valence-electron chi connectivity index (χ0n) is 17.0. The third-order valence-corrected chi connectivity index (χ3v) is 5.46. The average molecular weight is 433 g/mol. The predicted molar refractivity (Wildman–Crippen MR) is 111 cm³/mol. The van der Waals surface area contributed by atoms with Gasteiger partial charge >= 0.3 is 11.9 Å². The van der Waals surface area contributed by atoms with E-state index < -0.39 is 29.9 Å². The number of amides is 1. The highest BCUT2D eigenvalue weighted by atomic mass is 32.1. The van der Waals surface area contributed by atoms with Crippen LogP contribution in [-0.2, 0) is 26.1 Å². The summed E-state index contributed by atoms with van der Waals surface area (Å²) in [5, 5.41) is 0.368. The first-order valence-electron chi connectivity index (χ1n) is 9.69. The predicted octanol–water partition coefficient (Wildman–Crippen LogP) is 1.70. The summed E-state index contributed by atoms with van der Waals surface area (Å²) < 4.78 is 11.7. The fraction of sp³-hybridized carbons (Fsp3) is 0.450. The zero-order valence-corrected chi connectivity index (χ0v) is 17.8. The highest BCUT2D eigenvalue weighted by molar-refractivity contribution is 7.71. The lowest BCUT2D eigenvalue weighted by Gasteiger charge is -2.28. The van der Waals surface area contributed by atoms with Crippen molar-refractivity contribution in [3.05, 3.63) is 38.9 Å². The standard InChI is InChI=1S/C20H23N3O6S/c1-4-28-18(26)14-8-9-15(19(27)29-5-2)23(14)16(24)11-6-7-12-13(10-11)21-20(30)22(3)17(12)25/h6-7,10,14-15H,4-5,8-9H2,1-3H3,(H,21,30)/t14-,15+. The van der Waals surface area contributed by atoms with Crippen molar-refractivity contribution in [2.24, 2.45) is 7.05 Å². The van der Waals surface area contributed by atoms with Crippen LogP contribution in [0.1, 0.15) is 37.0 Å². The van der Waals surface area contributed by atoms with Crippen molar-refractivity contribution in [3.8, 4) is 0 Å². The number of fused-ring (bicyclic) bond motifs is 1. The molecule has 1 aromatic heterocycles. The third-order valence-electron chi connectivity index (χ3n) is 5.08. The van der Waals surface area contributed by atoms with Gasteiger partial charge in [-0.1, -0.05) is 0 Å². The van der Waals surface area contributed by atoms with E-state index in [4.69, 9.17) is 21.7 Å². The SMILES string of the molecule is CCOC(=O)[C@H]1CC[C@@H](C(=O)OCC)N1C(=O)c1ccc2c(=O)n(C)c(=S)[nH]c2c1. The number of hydrogen-bond donors (Lipinski definition) is 1. The molecule has 1 aromatic carbocycles. The largest absolute Gasteiger partial charge is 0.464 e. The molecule has 0 saturated carbocycles. The molecule has 9 nitrogen and oxygen atoms in total. The molecule has 2 atom stereocenters. The van der Waals surface area contributed by atoms with Crippen molar-refractivity contribution >= 4 is 41.0 Å². The molecule has 0 bridgehead atoms. The lowest BCUT2D eigenvalue weighted by molar-refractivity contribution is -0.151. The van der Waals surface area contributed by atoms with Gasteiger partial charge in [0.1, 0.15) is 12.1 Å². The topological polar surface area (TPSA) is 111 Å². The molecule has 0 aliphatic carbocycles. The van der Waals surface area contributed by atoms with Gasteiger partial charge in [0.15, 0.2) is 4.77 Å². The van der Waals surface area contributed by atoms with E-state index in [1.54, 1.807) is 20.9 Å². The van der Waals surface area contributed by atoms with Gasteiger partial charge in [-0.15, -0.1) is 0 Å². The summed E-state index contributed by atoms with van der Waals surface area (Å²) in [5.74, 6) is -1.65. The minimum absolute atomic E-state index is 0.164. The van der Waals surface area contributed by atoms with Crippen molar-refractivity contribution < 1.29 is 23.9 Å². The number of carbonyl (C=O) groups is 3. The Hall–Kier alpha value is -3.01. The zero-order chi connectivity index (χ0) is 22.0. The molecule has 160 valence electrons. The number of aromatic nitrogens is 2. The normalized spacial score (nSPS) is 18.4. The van der Waals surface area contributed by atoms with Crippen LogP contribution in [0.25, 0.3) is 10.9 Å². The highest BCUT2D eigenvalue weighted by Crippen LogP contribution is 2.29. The lowest BCUT2D eigenvalue weighted by atomic mass is 10.1. The molecular weight excluding hydrogens is 410 g/mol. The maximum Gasteiger partial charge on any atom is 0.328 e. The summed E-state index contributed by atoms with van der Waals surface area (Å²) in [4.78, 5) is 54.7. The van der Waals surface area contributed by atoms with E-state index in [0.29, 0.717) is 23.7 Å². The van der Waals surface area contributed by atoms with Crippen LogP contribution >= 0.6 is 12.2 Å². The Morgan fingerprint density at radius 3 is 2.20 bits per heavy atom. The number of nitrogens with one attached hydrogen (secondary N) is 1. The van der Waals surface area contributed by atoms with Crippen LogP contribution in [0.15, 0.2) is 23.0 Å². The van der Waals surface area contributed by atoms with Gasteiger partial charge in [-0.05, 0) is 57.1 Å². The van der Waals surface area contributed by atoms with Crippen LogP contribution in [0, 0.1) is 4.77 Å². The van der Waals surface area contributed by atoms with Gasteiger partial charge in [0.2, 0.25) is 0 Å². The summed E-state index contributed by atoms with van der Waals surface area (Å²) in [6.07, 6.45) is 0.592. The monoisotopic (exact) mass is 433 g/mol. The molecule has 0 radical (unpaired) electrons. The molecule has 1 saturated heterocycles. The molecule has 1 amide bonds. The van der Waals surface area contributed by atoms with Crippen molar-refractivity contribution in [2.45, 2.75) is 38.8 Å². The van der Waals surface area contributed by atoms with Crippen molar-refractivity contribution in [2.75, 3.05) is 13.2 Å². The molecule has 1 aliphatic heterocycles. The van der Waals surface area contributed by atoms with Crippen LogP contribution in [0.5, 0.6) is 0 Å². The van der Waals surface area contributed by atoms with Crippen LogP contribution in [0.2, 0.25) is 0 Å². The Bertz CT molecular complexity index is 1100. The number of aromatic amines is 1.